The van der Waals surface area contributed by atoms with Crippen LogP contribution in [0.5, 0.6) is 0 Å². The van der Waals surface area contributed by atoms with Crippen molar-refractivity contribution >= 4 is 15.9 Å². The Kier molecular flexibility index (Phi) is 6.33. The maximum absolute atomic E-state index is 12.4. The maximum atomic E-state index is 12.4. The fourth-order valence-electron chi connectivity index (χ4n) is 2.26. The summed E-state index contributed by atoms with van der Waals surface area (Å²) in [5.41, 5.74) is 2.40. The minimum atomic E-state index is -3.63. The predicted octanol–water partition coefficient (Wildman–Crippen LogP) is 3.00. The lowest BCUT2D eigenvalue weighted by molar-refractivity contribution is 0.0939. The molecular formula is C19H24N2O3S. The van der Waals surface area contributed by atoms with Crippen molar-refractivity contribution in [2.24, 2.45) is 0 Å². The molecule has 0 aromatic heterocycles. The maximum Gasteiger partial charge on any atom is 0.251 e. The molecule has 0 saturated carbocycles. The highest BCUT2D eigenvalue weighted by Crippen LogP contribution is 2.13. The van der Waals surface area contributed by atoms with Crippen molar-refractivity contribution in [3.05, 3.63) is 65.2 Å². The van der Waals surface area contributed by atoms with Crippen LogP contribution in [0.4, 0.5) is 0 Å². The highest BCUT2D eigenvalue weighted by molar-refractivity contribution is 7.89. The standard InChI is InChI=1S/C19H24N2O3S/c1-4-15(3)21-19(22)16-9-11-18(12-10-16)25(23,24)20-13-17-8-6-5-7-14(17)2/h5-12,15,20H,4,13H2,1-3H3,(H,21,22). The average Bonchev–Trinajstić information content (AvgIpc) is 2.61. The molecule has 134 valence electrons. The van der Waals surface area contributed by atoms with E-state index in [4.69, 9.17) is 0 Å². The first-order chi connectivity index (χ1) is 11.8. The first kappa shape index (κ1) is 19.1. The Bertz CT molecular complexity index is 830. The lowest BCUT2D eigenvalue weighted by Gasteiger charge is -2.12. The van der Waals surface area contributed by atoms with Crippen LogP contribution in [0.15, 0.2) is 53.4 Å². The Morgan fingerprint density at radius 2 is 1.72 bits per heavy atom. The van der Waals surface area contributed by atoms with Gasteiger partial charge < -0.3 is 5.32 Å². The number of hydrogen-bond donors (Lipinski definition) is 2. The Morgan fingerprint density at radius 1 is 1.08 bits per heavy atom. The van der Waals surface area contributed by atoms with E-state index < -0.39 is 10.0 Å². The molecule has 0 spiro atoms. The quantitative estimate of drug-likeness (QED) is 0.797. The molecule has 2 N–H and O–H groups in total. The SMILES string of the molecule is CCC(C)NC(=O)c1ccc(S(=O)(=O)NCc2ccccc2C)cc1. The summed E-state index contributed by atoms with van der Waals surface area (Å²) in [7, 11) is -3.63. The van der Waals surface area contributed by atoms with Gasteiger partial charge in [0.1, 0.15) is 0 Å². The monoisotopic (exact) mass is 360 g/mol. The second-order valence-corrected chi connectivity index (χ2v) is 7.83. The zero-order chi connectivity index (χ0) is 18.4. The van der Waals surface area contributed by atoms with E-state index in [9.17, 15) is 13.2 Å². The van der Waals surface area contributed by atoms with Crippen LogP contribution in [0, 0.1) is 6.92 Å². The van der Waals surface area contributed by atoms with Gasteiger partial charge in [-0.1, -0.05) is 31.2 Å². The van der Waals surface area contributed by atoms with Gasteiger partial charge in [0.25, 0.3) is 5.91 Å². The summed E-state index contributed by atoms with van der Waals surface area (Å²) in [5, 5.41) is 2.85. The number of sulfonamides is 1. The summed E-state index contributed by atoms with van der Waals surface area (Å²) in [6.45, 7) is 6.08. The van der Waals surface area contributed by atoms with Gasteiger partial charge in [0, 0.05) is 18.2 Å². The van der Waals surface area contributed by atoms with Crippen LogP contribution in [0.3, 0.4) is 0 Å². The normalized spacial score (nSPS) is 12.6. The van der Waals surface area contributed by atoms with Gasteiger partial charge in [0.05, 0.1) is 4.90 Å². The molecule has 0 aliphatic heterocycles. The number of benzene rings is 2. The van der Waals surface area contributed by atoms with Gasteiger partial charge in [0.15, 0.2) is 0 Å². The molecule has 25 heavy (non-hydrogen) atoms. The molecule has 1 atom stereocenters. The van der Waals surface area contributed by atoms with Crippen LogP contribution in [0.2, 0.25) is 0 Å². The molecule has 2 aromatic carbocycles. The van der Waals surface area contributed by atoms with Crippen molar-refractivity contribution in [2.45, 2.75) is 44.7 Å². The first-order valence-corrected chi connectivity index (χ1v) is 9.77. The van der Waals surface area contributed by atoms with Crippen molar-refractivity contribution in [3.8, 4) is 0 Å². The van der Waals surface area contributed by atoms with E-state index in [1.54, 1.807) is 0 Å². The van der Waals surface area contributed by atoms with Crippen LogP contribution < -0.4 is 10.0 Å². The smallest absolute Gasteiger partial charge is 0.251 e. The van der Waals surface area contributed by atoms with E-state index >= 15 is 0 Å². The second kappa shape index (κ2) is 8.27. The molecular weight excluding hydrogens is 336 g/mol. The van der Waals surface area contributed by atoms with Gasteiger partial charge in [-0.25, -0.2) is 13.1 Å². The van der Waals surface area contributed by atoms with E-state index in [-0.39, 0.29) is 23.4 Å². The van der Waals surface area contributed by atoms with Crippen molar-refractivity contribution in [2.75, 3.05) is 0 Å². The zero-order valence-electron chi connectivity index (χ0n) is 14.7. The van der Waals surface area contributed by atoms with Crippen molar-refractivity contribution in [3.63, 3.8) is 0 Å². The van der Waals surface area contributed by atoms with Gasteiger partial charge in [0.2, 0.25) is 10.0 Å². The van der Waals surface area contributed by atoms with Crippen molar-refractivity contribution in [1.29, 1.82) is 0 Å². The molecule has 2 rings (SSSR count). The molecule has 2 aromatic rings. The molecule has 1 amide bonds. The minimum Gasteiger partial charge on any atom is -0.350 e. The largest absolute Gasteiger partial charge is 0.350 e. The topological polar surface area (TPSA) is 75.3 Å². The van der Waals surface area contributed by atoms with Gasteiger partial charge in [-0.3, -0.25) is 4.79 Å². The van der Waals surface area contributed by atoms with E-state index in [0.717, 1.165) is 17.5 Å². The number of aryl methyl sites for hydroxylation is 1. The van der Waals surface area contributed by atoms with Crippen LogP contribution in [-0.4, -0.2) is 20.4 Å². The Labute approximate surface area is 149 Å². The van der Waals surface area contributed by atoms with Crippen molar-refractivity contribution in [1.82, 2.24) is 10.0 Å². The van der Waals surface area contributed by atoms with Gasteiger partial charge in [-0.05, 0) is 55.7 Å². The lowest BCUT2D eigenvalue weighted by atomic mass is 10.1. The first-order valence-electron chi connectivity index (χ1n) is 8.28. The fraction of sp³-hybridized carbons (Fsp3) is 0.316. The van der Waals surface area contributed by atoms with Gasteiger partial charge >= 0.3 is 0 Å². The van der Waals surface area contributed by atoms with Crippen LogP contribution in [0.25, 0.3) is 0 Å². The minimum absolute atomic E-state index is 0.0756. The van der Waals surface area contributed by atoms with E-state index in [2.05, 4.69) is 10.0 Å². The molecule has 0 radical (unpaired) electrons. The summed E-state index contributed by atoms with van der Waals surface area (Å²) < 4.78 is 27.4. The Balaban J connectivity index is 2.07. The highest BCUT2D eigenvalue weighted by atomic mass is 32.2. The summed E-state index contributed by atoms with van der Waals surface area (Å²) in [6.07, 6.45) is 0.834. The lowest BCUT2D eigenvalue weighted by Crippen LogP contribution is -2.32. The third kappa shape index (κ3) is 5.14. The van der Waals surface area contributed by atoms with E-state index in [1.807, 2.05) is 45.0 Å². The molecule has 6 heteroatoms. The third-order valence-corrected chi connectivity index (χ3v) is 5.55. The molecule has 0 heterocycles. The van der Waals surface area contributed by atoms with E-state index in [0.29, 0.717) is 5.56 Å². The second-order valence-electron chi connectivity index (χ2n) is 6.06. The number of amides is 1. The van der Waals surface area contributed by atoms with Gasteiger partial charge in [-0.2, -0.15) is 0 Å². The Hall–Kier alpha value is -2.18. The van der Waals surface area contributed by atoms with E-state index in [1.165, 1.54) is 24.3 Å². The highest BCUT2D eigenvalue weighted by Gasteiger charge is 2.15. The number of nitrogens with one attached hydrogen (secondary N) is 2. The summed E-state index contributed by atoms with van der Waals surface area (Å²) in [5.74, 6) is -0.203. The third-order valence-electron chi connectivity index (χ3n) is 4.13. The summed E-state index contributed by atoms with van der Waals surface area (Å²) in [4.78, 5) is 12.2. The predicted molar refractivity (Wildman–Crippen MR) is 98.9 cm³/mol. The molecule has 1 unspecified atom stereocenters. The molecule has 0 aliphatic carbocycles. The molecule has 0 bridgehead atoms. The van der Waals surface area contributed by atoms with Gasteiger partial charge in [-0.15, -0.1) is 0 Å². The number of hydrogen-bond acceptors (Lipinski definition) is 3. The van der Waals surface area contributed by atoms with Crippen molar-refractivity contribution < 1.29 is 13.2 Å². The molecule has 0 saturated heterocycles. The zero-order valence-corrected chi connectivity index (χ0v) is 15.6. The number of carbonyl (C=O) groups is 1. The molecule has 0 fully saturated rings. The summed E-state index contributed by atoms with van der Waals surface area (Å²) >= 11 is 0. The molecule has 0 aliphatic rings. The Morgan fingerprint density at radius 3 is 2.32 bits per heavy atom. The van der Waals surface area contributed by atoms with Crippen LogP contribution in [0.1, 0.15) is 41.8 Å². The molecule has 5 nitrogen and oxygen atoms in total. The number of carbonyl (C=O) groups excluding carboxylic acids is 1. The number of rotatable bonds is 7. The van der Waals surface area contributed by atoms with Crippen LogP contribution >= 0.6 is 0 Å². The van der Waals surface area contributed by atoms with Crippen LogP contribution in [-0.2, 0) is 16.6 Å². The summed E-state index contributed by atoms with van der Waals surface area (Å²) in [6, 6.07) is 13.6. The fourth-order valence-corrected chi connectivity index (χ4v) is 3.27. The average molecular weight is 360 g/mol.